The topological polar surface area (TPSA) is 27.7 Å². The molecule has 2 heterocycles. The zero-order valence-electron chi connectivity index (χ0n) is 15.0. The van der Waals surface area contributed by atoms with Crippen molar-refractivity contribution in [2.24, 2.45) is 0 Å². The lowest BCUT2D eigenvalue weighted by Crippen LogP contribution is -2.53. The second-order valence-electron chi connectivity index (χ2n) is 7.59. The summed E-state index contributed by atoms with van der Waals surface area (Å²) < 4.78 is 5.60. The Hall–Kier alpha value is -1.33. The van der Waals surface area contributed by atoms with Crippen molar-refractivity contribution in [1.82, 2.24) is 15.1 Å². The van der Waals surface area contributed by atoms with Crippen LogP contribution >= 0.6 is 12.2 Å². The molecular weight excluding hydrogens is 330 g/mol. The highest BCUT2D eigenvalue weighted by molar-refractivity contribution is 7.80. The second kappa shape index (κ2) is 7.92. The van der Waals surface area contributed by atoms with Crippen LogP contribution in [-0.2, 0) is 13.0 Å². The molecule has 0 atom stereocenters. The van der Waals surface area contributed by atoms with Crippen molar-refractivity contribution in [1.29, 1.82) is 0 Å². The van der Waals surface area contributed by atoms with Gasteiger partial charge in [-0.2, -0.15) is 0 Å². The predicted molar refractivity (Wildman–Crippen MR) is 105 cm³/mol. The van der Waals surface area contributed by atoms with E-state index in [2.05, 4.69) is 33.3 Å². The Morgan fingerprint density at radius 3 is 2.72 bits per heavy atom. The maximum absolute atomic E-state index is 5.66. The number of thiocarbonyl (C=S) groups is 1. The van der Waals surface area contributed by atoms with Crippen molar-refractivity contribution in [3.63, 3.8) is 0 Å². The summed E-state index contributed by atoms with van der Waals surface area (Å²) in [6.45, 7) is 6.10. The first-order valence-electron chi connectivity index (χ1n) is 9.80. The minimum Gasteiger partial charge on any atom is -0.493 e. The van der Waals surface area contributed by atoms with Crippen LogP contribution in [0.15, 0.2) is 18.2 Å². The lowest BCUT2D eigenvalue weighted by molar-refractivity contribution is 0.173. The van der Waals surface area contributed by atoms with Crippen molar-refractivity contribution >= 4 is 17.3 Å². The molecule has 0 amide bonds. The van der Waals surface area contributed by atoms with Crippen molar-refractivity contribution in [2.75, 3.05) is 32.8 Å². The summed E-state index contributed by atoms with van der Waals surface area (Å²) in [5.74, 6) is 1.08. The van der Waals surface area contributed by atoms with Gasteiger partial charge in [0.1, 0.15) is 5.75 Å². The lowest BCUT2D eigenvalue weighted by atomic mass is 9.96. The zero-order chi connectivity index (χ0) is 17.1. The van der Waals surface area contributed by atoms with E-state index in [-0.39, 0.29) is 0 Å². The van der Waals surface area contributed by atoms with Gasteiger partial charge in [0.25, 0.3) is 0 Å². The van der Waals surface area contributed by atoms with Gasteiger partial charge in [-0.15, -0.1) is 0 Å². The quantitative estimate of drug-likeness (QED) is 0.838. The molecule has 4 nitrogen and oxygen atoms in total. The van der Waals surface area contributed by atoms with Crippen LogP contribution in [-0.4, -0.2) is 53.7 Å². The fourth-order valence-electron chi connectivity index (χ4n) is 4.22. The molecule has 0 radical (unpaired) electrons. The van der Waals surface area contributed by atoms with Gasteiger partial charge in [-0.3, -0.25) is 4.90 Å². The third kappa shape index (κ3) is 4.26. The smallest absolute Gasteiger partial charge is 0.169 e. The molecule has 1 aliphatic carbocycles. The van der Waals surface area contributed by atoms with Gasteiger partial charge in [-0.1, -0.05) is 31.4 Å². The number of nitrogens with one attached hydrogen (secondary N) is 1. The molecule has 0 aromatic heterocycles. The SMILES string of the molecule is S=C(NC1CCCCC1)N1CCN(Cc2ccc3c(c2)CCO3)CC1. The molecule has 25 heavy (non-hydrogen) atoms. The first-order valence-corrected chi connectivity index (χ1v) is 10.2. The monoisotopic (exact) mass is 359 g/mol. The van der Waals surface area contributed by atoms with E-state index in [1.807, 2.05) is 0 Å². The van der Waals surface area contributed by atoms with Crippen LogP contribution in [0.1, 0.15) is 43.2 Å². The molecule has 0 unspecified atom stereocenters. The molecule has 4 rings (SSSR count). The summed E-state index contributed by atoms with van der Waals surface area (Å²) in [4.78, 5) is 4.90. The molecule has 1 saturated heterocycles. The number of benzene rings is 1. The molecule has 3 aliphatic rings. The normalized spacial score (nSPS) is 21.7. The number of nitrogens with zero attached hydrogens (tertiary/aromatic N) is 2. The van der Waals surface area contributed by atoms with E-state index >= 15 is 0 Å². The summed E-state index contributed by atoms with van der Waals surface area (Å²) in [6.07, 6.45) is 7.69. The van der Waals surface area contributed by atoms with Gasteiger partial charge in [0.2, 0.25) is 0 Å². The largest absolute Gasteiger partial charge is 0.493 e. The highest BCUT2D eigenvalue weighted by Gasteiger charge is 2.22. The van der Waals surface area contributed by atoms with Crippen LogP contribution in [0.3, 0.4) is 0 Å². The summed E-state index contributed by atoms with van der Waals surface area (Å²) in [7, 11) is 0. The van der Waals surface area contributed by atoms with Crippen molar-refractivity contribution < 1.29 is 4.74 Å². The highest BCUT2D eigenvalue weighted by Crippen LogP contribution is 2.26. The van der Waals surface area contributed by atoms with E-state index in [9.17, 15) is 0 Å². The lowest BCUT2D eigenvalue weighted by Gasteiger charge is -2.37. The Morgan fingerprint density at radius 1 is 1.12 bits per heavy atom. The molecule has 5 heteroatoms. The molecule has 2 aliphatic heterocycles. The van der Waals surface area contributed by atoms with Crippen LogP contribution < -0.4 is 10.1 Å². The van der Waals surface area contributed by atoms with Crippen molar-refractivity contribution in [3.8, 4) is 5.75 Å². The van der Waals surface area contributed by atoms with Gasteiger partial charge in [-0.25, -0.2) is 0 Å². The minimum atomic E-state index is 0.605. The Kier molecular flexibility index (Phi) is 5.42. The number of hydrogen-bond acceptors (Lipinski definition) is 3. The van der Waals surface area contributed by atoms with Gasteiger partial charge in [0, 0.05) is 45.2 Å². The van der Waals surface area contributed by atoms with E-state index in [0.717, 1.165) is 56.6 Å². The number of piperazine rings is 1. The molecule has 1 aromatic carbocycles. The molecule has 1 N–H and O–H groups in total. The van der Waals surface area contributed by atoms with Crippen LogP contribution in [0.2, 0.25) is 0 Å². The Bertz CT molecular complexity index is 607. The molecule has 1 aromatic rings. The van der Waals surface area contributed by atoms with E-state index in [1.165, 1.54) is 43.2 Å². The van der Waals surface area contributed by atoms with Gasteiger partial charge in [0.05, 0.1) is 6.61 Å². The van der Waals surface area contributed by atoms with E-state index in [1.54, 1.807) is 0 Å². The Morgan fingerprint density at radius 2 is 1.92 bits per heavy atom. The summed E-state index contributed by atoms with van der Waals surface area (Å²) in [5.41, 5.74) is 2.77. The standard InChI is InChI=1S/C20H29N3OS/c25-20(21-18-4-2-1-3-5-18)23-11-9-22(10-12-23)15-16-6-7-19-17(14-16)8-13-24-19/h6-7,14,18H,1-5,8-13,15H2,(H,21,25). The first-order chi connectivity index (χ1) is 12.3. The first kappa shape index (κ1) is 17.1. The summed E-state index contributed by atoms with van der Waals surface area (Å²) >= 11 is 5.66. The highest BCUT2D eigenvalue weighted by atomic mass is 32.1. The second-order valence-corrected chi connectivity index (χ2v) is 7.97. The average Bonchev–Trinajstić information content (AvgIpc) is 3.11. The fourth-order valence-corrected chi connectivity index (χ4v) is 4.57. The molecule has 136 valence electrons. The van der Waals surface area contributed by atoms with Crippen LogP contribution in [0.25, 0.3) is 0 Å². The number of rotatable bonds is 3. The number of ether oxygens (including phenoxy) is 1. The maximum Gasteiger partial charge on any atom is 0.169 e. The van der Waals surface area contributed by atoms with E-state index < -0.39 is 0 Å². The summed E-state index contributed by atoms with van der Waals surface area (Å²) in [5, 5.41) is 4.58. The maximum atomic E-state index is 5.66. The molecule has 0 spiro atoms. The van der Waals surface area contributed by atoms with E-state index in [0.29, 0.717) is 6.04 Å². The predicted octanol–water partition coefficient (Wildman–Crippen LogP) is 2.95. The molecular formula is C20H29N3OS. The van der Waals surface area contributed by atoms with Crippen LogP contribution in [0, 0.1) is 0 Å². The molecule has 1 saturated carbocycles. The molecule has 2 fully saturated rings. The van der Waals surface area contributed by atoms with Crippen LogP contribution in [0.5, 0.6) is 5.75 Å². The fraction of sp³-hybridized carbons (Fsp3) is 0.650. The average molecular weight is 360 g/mol. The van der Waals surface area contributed by atoms with Gasteiger partial charge in [0.15, 0.2) is 5.11 Å². The van der Waals surface area contributed by atoms with Gasteiger partial charge >= 0.3 is 0 Å². The van der Waals surface area contributed by atoms with E-state index in [4.69, 9.17) is 17.0 Å². The number of hydrogen-bond donors (Lipinski definition) is 1. The molecule has 0 bridgehead atoms. The minimum absolute atomic E-state index is 0.605. The van der Waals surface area contributed by atoms with Crippen molar-refractivity contribution in [3.05, 3.63) is 29.3 Å². The third-order valence-electron chi connectivity index (χ3n) is 5.75. The van der Waals surface area contributed by atoms with Crippen molar-refractivity contribution in [2.45, 2.75) is 51.1 Å². The Labute approximate surface area is 156 Å². The zero-order valence-corrected chi connectivity index (χ0v) is 15.8. The van der Waals surface area contributed by atoms with Gasteiger partial charge < -0.3 is 15.0 Å². The summed E-state index contributed by atoms with van der Waals surface area (Å²) in [6, 6.07) is 7.28. The third-order valence-corrected chi connectivity index (χ3v) is 6.13. The van der Waals surface area contributed by atoms with Crippen LogP contribution in [0.4, 0.5) is 0 Å². The number of fused-ring (bicyclic) bond motifs is 1. The van der Waals surface area contributed by atoms with Gasteiger partial charge in [-0.05, 0) is 42.3 Å². The Balaban J connectivity index is 1.24.